The summed E-state index contributed by atoms with van der Waals surface area (Å²) in [6.45, 7) is 0.278. The van der Waals surface area contributed by atoms with Crippen molar-refractivity contribution in [2.45, 2.75) is 37.7 Å². The van der Waals surface area contributed by atoms with Gasteiger partial charge in [-0.3, -0.25) is 14.3 Å². The van der Waals surface area contributed by atoms with Crippen LogP contribution in [0.3, 0.4) is 0 Å². The maximum Gasteiger partial charge on any atom is 0.301 e. The van der Waals surface area contributed by atoms with E-state index in [-0.39, 0.29) is 30.7 Å². The number of piperidine rings is 1. The Bertz CT molecular complexity index is 1360. The Labute approximate surface area is 218 Å². The molecule has 0 unspecified atom stereocenters. The van der Waals surface area contributed by atoms with E-state index in [1.807, 2.05) is 25.4 Å². The van der Waals surface area contributed by atoms with Gasteiger partial charge in [0.05, 0.1) is 12.2 Å². The fraction of sp³-hybridized carbons (Fsp3) is 0.407. The second kappa shape index (κ2) is 10.1. The molecule has 2 N–H and O–H groups in total. The molecule has 0 bridgehead atoms. The highest BCUT2D eigenvalue weighted by Crippen LogP contribution is 2.47. The minimum Gasteiger partial charge on any atom is -0.484 e. The first kappa shape index (κ1) is 25.8. The van der Waals surface area contributed by atoms with E-state index in [1.165, 1.54) is 0 Å². The summed E-state index contributed by atoms with van der Waals surface area (Å²) < 4.78 is 36.7. The molecule has 2 aromatic heterocycles. The van der Waals surface area contributed by atoms with Gasteiger partial charge in [0, 0.05) is 44.2 Å². The smallest absolute Gasteiger partial charge is 0.301 e. The Kier molecular flexibility index (Phi) is 6.87. The van der Waals surface area contributed by atoms with Gasteiger partial charge in [-0.15, -0.1) is 0 Å². The number of benzene rings is 1. The van der Waals surface area contributed by atoms with Gasteiger partial charge in [-0.05, 0) is 60.4 Å². The molecule has 9 nitrogen and oxygen atoms in total. The van der Waals surface area contributed by atoms with Gasteiger partial charge in [0.2, 0.25) is 11.8 Å². The van der Waals surface area contributed by atoms with Crippen LogP contribution in [0.5, 0.6) is 5.75 Å². The lowest BCUT2D eigenvalue weighted by atomic mass is 10.0. The SMILES string of the molecule is Cc1cc(-c2ccnc(NC(=O)[C@H]3C[C@@H]3c3ccn(C)n3)c2)ccc1O[C@H]1CCN(C(=O)CO)CC1(F)F. The molecule has 1 saturated carbocycles. The molecule has 200 valence electrons. The summed E-state index contributed by atoms with van der Waals surface area (Å²) in [4.78, 5) is 29.6. The summed E-state index contributed by atoms with van der Waals surface area (Å²) in [7, 11) is 1.85. The van der Waals surface area contributed by atoms with Gasteiger partial charge in [-0.1, -0.05) is 6.07 Å². The van der Waals surface area contributed by atoms with E-state index in [2.05, 4.69) is 15.4 Å². The normalized spacial score (nSPS) is 22.1. The number of carbonyl (C=O) groups is 2. The van der Waals surface area contributed by atoms with Crippen LogP contribution in [0.1, 0.15) is 30.0 Å². The summed E-state index contributed by atoms with van der Waals surface area (Å²) in [6.07, 6.45) is 2.79. The molecule has 1 aromatic carbocycles. The monoisotopic (exact) mass is 525 g/mol. The Morgan fingerprint density at radius 3 is 2.68 bits per heavy atom. The first-order chi connectivity index (χ1) is 18.1. The number of ether oxygens (including phenoxy) is 1. The van der Waals surface area contributed by atoms with Gasteiger partial charge in [-0.25, -0.2) is 13.8 Å². The number of hydrogen-bond acceptors (Lipinski definition) is 6. The van der Waals surface area contributed by atoms with Gasteiger partial charge >= 0.3 is 5.92 Å². The molecule has 1 aliphatic carbocycles. The minimum atomic E-state index is -3.25. The first-order valence-electron chi connectivity index (χ1n) is 12.4. The summed E-state index contributed by atoms with van der Waals surface area (Å²) in [5, 5.41) is 16.2. The van der Waals surface area contributed by atoms with Crippen LogP contribution in [0.15, 0.2) is 48.8 Å². The summed E-state index contributed by atoms with van der Waals surface area (Å²) in [6, 6.07) is 10.7. The van der Waals surface area contributed by atoms with Crippen LogP contribution in [-0.2, 0) is 16.6 Å². The molecular weight excluding hydrogens is 496 g/mol. The van der Waals surface area contributed by atoms with Gasteiger partial charge in [0.1, 0.15) is 18.2 Å². The number of aromatic nitrogens is 3. The van der Waals surface area contributed by atoms with E-state index in [9.17, 15) is 18.4 Å². The van der Waals surface area contributed by atoms with Crippen molar-refractivity contribution in [3.05, 3.63) is 60.0 Å². The number of alkyl halides is 2. The maximum absolute atomic E-state index is 14.7. The number of likely N-dealkylation sites (tertiary alicyclic amines) is 1. The highest BCUT2D eigenvalue weighted by Gasteiger charge is 2.48. The third-order valence-electron chi connectivity index (χ3n) is 7.05. The summed E-state index contributed by atoms with van der Waals surface area (Å²) in [5.74, 6) is -3.33. The third kappa shape index (κ3) is 5.38. The zero-order valence-corrected chi connectivity index (χ0v) is 21.1. The second-order valence-corrected chi connectivity index (χ2v) is 9.89. The molecule has 3 heterocycles. The van der Waals surface area contributed by atoms with E-state index in [0.717, 1.165) is 28.1 Å². The zero-order chi connectivity index (χ0) is 27.0. The number of rotatable bonds is 7. The molecule has 2 fully saturated rings. The van der Waals surface area contributed by atoms with Gasteiger partial charge < -0.3 is 20.1 Å². The van der Waals surface area contributed by atoms with E-state index >= 15 is 0 Å². The molecule has 38 heavy (non-hydrogen) atoms. The average Bonchev–Trinajstić information content (AvgIpc) is 3.58. The van der Waals surface area contributed by atoms with Gasteiger partial charge in [0.15, 0.2) is 6.10 Å². The number of halogens is 2. The molecule has 0 spiro atoms. The number of nitrogens with zero attached hydrogens (tertiary/aromatic N) is 4. The number of aliphatic hydroxyl groups is 1. The number of pyridine rings is 1. The largest absolute Gasteiger partial charge is 0.484 e. The molecule has 11 heteroatoms. The highest BCUT2D eigenvalue weighted by atomic mass is 19.3. The van der Waals surface area contributed by atoms with Crippen LogP contribution in [0.25, 0.3) is 11.1 Å². The Morgan fingerprint density at radius 2 is 2.00 bits per heavy atom. The van der Waals surface area contributed by atoms with Crippen molar-refractivity contribution in [1.82, 2.24) is 19.7 Å². The Balaban J connectivity index is 1.23. The lowest BCUT2D eigenvalue weighted by Gasteiger charge is -2.38. The van der Waals surface area contributed by atoms with Crippen molar-refractivity contribution in [3.8, 4) is 16.9 Å². The van der Waals surface area contributed by atoms with Crippen molar-refractivity contribution in [3.63, 3.8) is 0 Å². The number of aliphatic hydroxyl groups excluding tert-OH is 1. The van der Waals surface area contributed by atoms with E-state index in [1.54, 1.807) is 42.1 Å². The Morgan fingerprint density at radius 1 is 1.21 bits per heavy atom. The van der Waals surface area contributed by atoms with Crippen LogP contribution in [0, 0.1) is 12.8 Å². The van der Waals surface area contributed by atoms with Crippen LogP contribution in [0.2, 0.25) is 0 Å². The number of amides is 2. The fourth-order valence-corrected chi connectivity index (χ4v) is 4.83. The molecule has 3 atom stereocenters. The van der Waals surface area contributed by atoms with Crippen molar-refractivity contribution < 1.29 is 28.2 Å². The molecule has 2 aliphatic rings. The molecule has 1 saturated heterocycles. The first-order valence-corrected chi connectivity index (χ1v) is 12.4. The van der Waals surface area contributed by atoms with Gasteiger partial charge in [-0.2, -0.15) is 5.10 Å². The second-order valence-electron chi connectivity index (χ2n) is 9.89. The molecule has 5 rings (SSSR count). The number of aryl methyl sites for hydroxylation is 2. The third-order valence-corrected chi connectivity index (χ3v) is 7.05. The topological polar surface area (TPSA) is 110 Å². The Hall–Kier alpha value is -3.86. The van der Waals surface area contributed by atoms with Crippen molar-refractivity contribution >= 4 is 17.6 Å². The minimum absolute atomic E-state index is 0.0461. The standard InChI is InChI=1S/C27H29F2N5O4/c1-16-11-17(3-4-22(16)38-23-7-10-34(25(36)14-35)15-27(23,28)29)18-5-8-30-24(12-18)31-26(37)20-13-19(20)21-6-9-33(2)32-21/h3-6,8-9,11-12,19-20,23,35H,7,10,13-15H2,1-2H3,(H,30,31,37)/t19-,20-,23-/m0/s1. The predicted molar refractivity (Wildman–Crippen MR) is 135 cm³/mol. The quantitative estimate of drug-likeness (QED) is 0.491. The number of anilines is 1. The molecule has 3 aromatic rings. The van der Waals surface area contributed by atoms with Crippen LogP contribution in [-0.4, -0.2) is 68.3 Å². The number of carbonyl (C=O) groups excluding carboxylic acids is 2. The van der Waals surface area contributed by atoms with E-state index < -0.39 is 31.1 Å². The van der Waals surface area contributed by atoms with Gasteiger partial charge in [0.25, 0.3) is 0 Å². The van der Waals surface area contributed by atoms with Crippen molar-refractivity contribution in [2.24, 2.45) is 13.0 Å². The predicted octanol–water partition coefficient (Wildman–Crippen LogP) is 3.14. The fourth-order valence-electron chi connectivity index (χ4n) is 4.83. The average molecular weight is 526 g/mol. The van der Waals surface area contributed by atoms with Crippen molar-refractivity contribution in [1.29, 1.82) is 0 Å². The van der Waals surface area contributed by atoms with Crippen LogP contribution >= 0.6 is 0 Å². The molecule has 0 radical (unpaired) electrons. The summed E-state index contributed by atoms with van der Waals surface area (Å²) >= 11 is 0. The molecule has 1 aliphatic heterocycles. The highest BCUT2D eigenvalue weighted by molar-refractivity contribution is 5.94. The molecule has 2 amide bonds. The van der Waals surface area contributed by atoms with E-state index in [4.69, 9.17) is 9.84 Å². The summed E-state index contributed by atoms with van der Waals surface area (Å²) in [5.41, 5.74) is 3.21. The maximum atomic E-state index is 14.7. The number of nitrogens with one attached hydrogen (secondary N) is 1. The van der Waals surface area contributed by atoms with E-state index in [0.29, 0.717) is 17.1 Å². The van der Waals surface area contributed by atoms with Crippen LogP contribution in [0.4, 0.5) is 14.6 Å². The number of hydrogen-bond donors (Lipinski definition) is 2. The zero-order valence-electron chi connectivity index (χ0n) is 21.1. The van der Waals surface area contributed by atoms with Crippen LogP contribution < -0.4 is 10.1 Å². The molecular formula is C27H29F2N5O4. The lowest BCUT2D eigenvalue weighted by Crippen LogP contribution is -2.55. The lowest BCUT2D eigenvalue weighted by molar-refractivity contribution is -0.161. The van der Waals surface area contributed by atoms with Crippen molar-refractivity contribution in [2.75, 3.05) is 25.0 Å².